The van der Waals surface area contributed by atoms with Crippen LogP contribution >= 0.6 is 11.3 Å². The molecule has 3 aromatic rings. The summed E-state index contributed by atoms with van der Waals surface area (Å²) >= 11 is 1.48. The number of amides is 1. The second kappa shape index (κ2) is 10.3. The number of aromatic nitrogens is 1. The first-order valence-corrected chi connectivity index (χ1v) is 11.8. The highest BCUT2D eigenvalue weighted by molar-refractivity contribution is 7.09. The summed E-state index contributed by atoms with van der Waals surface area (Å²) in [6.07, 6.45) is 2.07. The number of carbonyl (C=O) groups excluding carboxylic acids is 1. The number of carbonyl (C=O) groups is 1. The molecule has 7 heteroatoms. The molecule has 1 amide bonds. The molecule has 4 rings (SSSR count). The molecular weight excluding hydrogens is 428 g/mol. The quantitative estimate of drug-likeness (QED) is 0.472. The van der Waals surface area contributed by atoms with Crippen molar-refractivity contribution in [3.63, 3.8) is 0 Å². The number of rotatable bonds is 7. The lowest BCUT2D eigenvalue weighted by atomic mass is 9.99. The standard InChI is InChI=1S/C25H27F2N3OS/c1-18-10-12-30(13-11-18)25(31)23-17-32-24(28-23)16-29(14-19-2-6-21(26)7-3-19)15-20-4-8-22(27)9-5-20/h2-9,17-18H,10-16H2,1H3. The fourth-order valence-corrected chi connectivity index (χ4v) is 4.72. The number of hydrogen-bond donors (Lipinski definition) is 0. The van der Waals surface area contributed by atoms with Crippen LogP contribution in [0.2, 0.25) is 0 Å². The Kier molecular flexibility index (Phi) is 7.27. The second-order valence-electron chi connectivity index (χ2n) is 8.50. The molecule has 4 nitrogen and oxygen atoms in total. The molecular formula is C25H27F2N3OS. The molecule has 1 aliphatic rings. The van der Waals surface area contributed by atoms with Gasteiger partial charge in [0.15, 0.2) is 0 Å². The SMILES string of the molecule is CC1CCN(C(=O)c2csc(CN(Cc3ccc(F)cc3)Cc3ccc(F)cc3)n2)CC1. The van der Waals surface area contributed by atoms with Crippen molar-refractivity contribution in [3.8, 4) is 0 Å². The average molecular weight is 456 g/mol. The monoisotopic (exact) mass is 455 g/mol. The van der Waals surface area contributed by atoms with Crippen LogP contribution in [-0.4, -0.2) is 33.8 Å². The van der Waals surface area contributed by atoms with E-state index in [1.54, 1.807) is 24.3 Å². The highest BCUT2D eigenvalue weighted by atomic mass is 32.1. The van der Waals surface area contributed by atoms with Crippen LogP contribution in [0.25, 0.3) is 0 Å². The molecule has 32 heavy (non-hydrogen) atoms. The Balaban J connectivity index is 1.46. The molecule has 0 atom stereocenters. The third-order valence-electron chi connectivity index (χ3n) is 5.84. The summed E-state index contributed by atoms with van der Waals surface area (Å²) in [6.45, 7) is 5.51. The fourth-order valence-electron chi connectivity index (χ4n) is 3.91. The molecule has 0 aliphatic carbocycles. The van der Waals surface area contributed by atoms with Crippen molar-refractivity contribution in [2.24, 2.45) is 5.92 Å². The summed E-state index contributed by atoms with van der Waals surface area (Å²) in [5.74, 6) is 0.127. The smallest absolute Gasteiger partial charge is 0.273 e. The van der Waals surface area contributed by atoms with E-state index in [0.29, 0.717) is 31.2 Å². The lowest BCUT2D eigenvalue weighted by molar-refractivity contribution is 0.0691. The number of halogens is 2. The third kappa shape index (κ3) is 5.99. The third-order valence-corrected chi connectivity index (χ3v) is 6.67. The van der Waals surface area contributed by atoms with Crippen molar-refractivity contribution in [2.75, 3.05) is 13.1 Å². The number of nitrogens with zero attached hydrogens (tertiary/aromatic N) is 3. The Hall–Kier alpha value is -2.64. The van der Waals surface area contributed by atoms with Crippen LogP contribution in [0.15, 0.2) is 53.9 Å². The van der Waals surface area contributed by atoms with Gasteiger partial charge in [-0.3, -0.25) is 9.69 Å². The average Bonchev–Trinajstić information content (AvgIpc) is 3.25. The van der Waals surface area contributed by atoms with Crippen molar-refractivity contribution in [1.29, 1.82) is 0 Å². The first kappa shape index (κ1) is 22.6. The van der Waals surface area contributed by atoms with Crippen LogP contribution in [0.1, 0.15) is 46.4 Å². The van der Waals surface area contributed by atoms with Gasteiger partial charge in [0, 0.05) is 31.6 Å². The van der Waals surface area contributed by atoms with Gasteiger partial charge in [0.25, 0.3) is 5.91 Å². The molecule has 0 bridgehead atoms. The largest absolute Gasteiger partial charge is 0.337 e. The lowest BCUT2D eigenvalue weighted by Gasteiger charge is -2.29. The molecule has 0 spiro atoms. The summed E-state index contributed by atoms with van der Waals surface area (Å²) in [5, 5.41) is 2.69. The number of thiazole rings is 1. The minimum Gasteiger partial charge on any atom is -0.337 e. The number of hydrogen-bond acceptors (Lipinski definition) is 4. The van der Waals surface area contributed by atoms with Crippen LogP contribution in [0.3, 0.4) is 0 Å². The molecule has 1 aromatic heterocycles. The predicted octanol–water partition coefficient (Wildman–Crippen LogP) is 5.50. The zero-order valence-corrected chi connectivity index (χ0v) is 19.0. The van der Waals surface area contributed by atoms with Gasteiger partial charge in [0.1, 0.15) is 22.3 Å². The lowest BCUT2D eigenvalue weighted by Crippen LogP contribution is -2.38. The van der Waals surface area contributed by atoms with Gasteiger partial charge in [-0.2, -0.15) is 0 Å². The van der Waals surface area contributed by atoms with E-state index in [9.17, 15) is 13.6 Å². The van der Waals surface area contributed by atoms with E-state index in [2.05, 4.69) is 16.8 Å². The molecule has 0 radical (unpaired) electrons. The van der Waals surface area contributed by atoms with Gasteiger partial charge in [0.05, 0.1) is 6.54 Å². The molecule has 2 aromatic carbocycles. The van der Waals surface area contributed by atoms with E-state index in [0.717, 1.165) is 42.1 Å². The maximum absolute atomic E-state index is 13.3. The Morgan fingerprint density at radius 1 is 0.969 bits per heavy atom. The van der Waals surface area contributed by atoms with Crippen molar-refractivity contribution in [3.05, 3.63) is 87.4 Å². The number of benzene rings is 2. The molecule has 1 saturated heterocycles. The van der Waals surface area contributed by atoms with Crippen molar-refractivity contribution in [2.45, 2.75) is 39.4 Å². The van der Waals surface area contributed by atoms with Gasteiger partial charge in [0.2, 0.25) is 0 Å². The van der Waals surface area contributed by atoms with Gasteiger partial charge < -0.3 is 4.90 Å². The Morgan fingerprint density at radius 2 is 1.50 bits per heavy atom. The molecule has 2 heterocycles. The molecule has 168 valence electrons. The zero-order chi connectivity index (χ0) is 22.5. The van der Waals surface area contributed by atoms with Gasteiger partial charge in [-0.15, -0.1) is 11.3 Å². The summed E-state index contributed by atoms with van der Waals surface area (Å²) in [7, 11) is 0. The Morgan fingerprint density at radius 3 is 2.03 bits per heavy atom. The van der Waals surface area contributed by atoms with Crippen molar-refractivity contribution >= 4 is 17.2 Å². The zero-order valence-electron chi connectivity index (χ0n) is 18.1. The van der Waals surface area contributed by atoms with Crippen LogP contribution in [0.5, 0.6) is 0 Å². The van der Waals surface area contributed by atoms with Crippen LogP contribution in [-0.2, 0) is 19.6 Å². The van der Waals surface area contributed by atoms with E-state index in [1.807, 2.05) is 10.3 Å². The molecule has 0 unspecified atom stereocenters. The van der Waals surface area contributed by atoms with Crippen molar-refractivity contribution < 1.29 is 13.6 Å². The number of likely N-dealkylation sites (tertiary alicyclic amines) is 1. The van der Waals surface area contributed by atoms with Gasteiger partial charge >= 0.3 is 0 Å². The Labute approximate surface area is 191 Å². The van der Waals surface area contributed by atoms with E-state index in [1.165, 1.54) is 35.6 Å². The summed E-state index contributed by atoms with van der Waals surface area (Å²) in [4.78, 5) is 21.5. The van der Waals surface area contributed by atoms with E-state index < -0.39 is 0 Å². The van der Waals surface area contributed by atoms with Gasteiger partial charge in [-0.05, 0) is 54.2 Å². The predicted molar refractivity (Wildman–Crippen MR) is 122 cm³/mol. The topological polar surface area (TPSA) is 36.4 Å². The van der Waals surface area contributed by atoms with Crippen LogP contribution in [0.4, 0.5) is 8.78 Å². The minimum atomic E-state index is -0.269. The first-order valence-electron chi connectivity index (χ1n) is 10.9. The molecule has 0 saturated carbocycles. The van der Waals surface area contributed by atoms with Gasteiger partial charge in [-0.25, -0.2) is 13.8 Å². The summed E-state index contributed by atoms with van der Waals surface area (Å²) < 4.78 is 26.6. The highest BCUT2D eigenvalue weighted by Gasteiger charge is 2.23. The van der Waals surface area contributed by atoms with Gasteiger partial charge in [-0.1, -0.05) is 31.2 Å². The normalized spacial score (nSPS) is 14.8. The maximum atomic E-state index is 13.3. The first-order chi connectivity index (χ1) is 15.5. The second-order valence-corrected chi connectivity index (χ2v) is 9.44. The Bertz CT molecular complexity index is 981. The van der Waals surface area contributed by atoms with E-state index >= 15 is 0 Å². The van der Waals surface area contributed by atoms with Crippen molar-refractivity contribution in [1.82, 2.24) is 14.8 Å². The molecule has 0 N–H and O–H groups in total. The molecule has 1 aliphatic heterocycles. The molecule has 1 fully saturated rings. The maximum Gasteiger partial charge on any atom is 0.273 e. The highest BCUT2D eigenvalue weighted by Crippen LogP contribution is 2.21. The summed E-state index contributed by atoms with van der Waals surface area (Å²) in [5.41, 5.74) is 2.45. The number of piperidine rings is 1. The van der Waals surface area contributed by atoms with E-state index in [4.69, 9.17) is 0 Å². The van der Waals surface area contributed by atoms with E-state index in [-0.39, 0.29) is 17.5 Å². The van der Waals surface area contributed by atoms with Crippen LogP contribution in [0, 0.1) is 17.6 Å². The summed E-state index contributed by atoms with van der Waals surface area (Å²) in [6, 6.07) is 12.9. The van der Waals surface area contributed by atoms with Crippen LogP contribution < -0.4 is 0 Å². The minimum absolute atomic E-state index is 0.00280. The fraction of sp³-hybridized carbons (Fsp3) is 0.360.